The molecule has 4 heteroatoms. The van der Waals surface area contributed by atoms with Crippen LogP contribution in [-0.4, -0.2) is 10.3 Å². The minimum Gasteiger partial charge on any atom is -0.365 e. The zero-order chi connectivity index (χ0) is 9.10. The molecule has 0 bridgehead atoms. The lowest BCUT2D eigenvalue weighted by atomic mass is 10.0. The van der Waals surface area contributed by atoms with Gasteiger partial charge in [-0.15, -0.1) is 0 Å². The number of nitrogens with zero attached hydrogens (tertiary/aromatic N) is 2. The molecule has 0 aliphatic heterocycles. The van der Waals surface area contributed by atoms with E-state index in [4.69, 9.17) is 9.05 Å². The highest BCUT2D eigenvalue weighted by atomic mass is 16.5. The number of hydrogen-bond donors (Lipinski definition) is 0. The Labute approximate surface area is 75.5 Å². The maximum atomic E-state index is 4.74. The first kappa shape index (κ1) is 8.04. The van der Waals surface area contributed by atoms with Crippen molar-refractivity contribution >= 4 is 0 Å². The van der Waals surface area contributed by atoms with Crippen LogP contribution in [0.15, 0.2) is 33.7 Å². The first-order valence-corrected chi connectivity index (χ1v) is 3.98. The van der Waals surface area contributed by atoms with Gasteiger partial charge in [0, 0.05) is 24.5 Å². The Morgan fingerprint density at radius 1 is 1.23 bits per heavy atom. The summed E-state index contributed by atoms with van der Waals surface area (Å²) in [4.78, 5) is 0. The second-order valence-electron chi connectivity index (χ2n) is 2.83. The molecule has 67 valence electrons. The van der Waals surface area contributed by atoms with E-state index in [1.54, 1.807) is 12.5 Å². The van der Waals surface area contributed by atoms with Crippen molar-refractivity contribution in [2.24, 2.45) is 0 Å². The van der Waals surface area contributed by atoms with Gasteiger partial charge in [-0.05, 0) is 0 Å². The third kappa shape index (κ3) is 1.77. The number of rotatable bonds is 3. The molecule has 0 N–H and O–H groups in total. The average Bonchev–Trinajstić information content (AvgIpc) is 2.74. The van der Waals surface area contributed by atoms with Crippen molar-refractivity contribution in [1.82, 2.24) is 10.3 Å². The molecule has 2 aromatic heterocycles. The summed E-state index contributed by atoms with van der Waals surface area (Å²) in [5.74, 6) is 1.11. The second-order valence-corrected chi connectivity index (χ2v) is 2.83. The predicted molar refractivity (Wildman–Crippen MR) is 44.7 cm³/mol. The van der Waals surface area contributed by atoms with Crippen molar-refractivity contribution in [3.8, 4) is 0 Å². The normalized spacial score (nSPS) is 10.9. The van der Waals surface area contributed by atoms with Gasteiger partial charge >= 0.3 is 0 Å². The Bertz CT molecular complexity index is 340. The fourth-order valence-electron chi connectivity index (χ4n) is 1.12. The van der Waals surface area contributed by atoms with E-state index in [9.17, 15) is 0 Å². The van der Waals surface area contributed by atoms with Crippen LogP contribution in [0.25, 0.3) is 0 Å². The first-order valence-electron chi connectivity index (χ1n) is 3.98. The fourth-order valence-corrected chi connectivity index (χ4v) is 1.12. The van der Waals surface area contributed by atoms with Crippen LogP contribution in [0.2, 0.25) is 0 Å². The molecule has 2 aromatic rings. The van der Waals surface area contributed by atoms with Gasteiger partial charge < -0.3 is 9.05 Å². The molecule has 1 radical (unpaired) electrons. The van der Waals surface area contributed by atoms with E-state index in [1.807, 2.05) is 19.1 Å². The van der Waals surface area contributed by atoms with Gasteiger partial charge in [-0.2, -0.15) is 0 Å². The van der Waals surface area contributed by atoms with Crippen LogP contribution >= 0.6 is 0 Å². The lowest BCUT2D eigenvalue weighted by molar-refractivity contribution is 0.408. The van der Waals surface area contributed by atoms with Gasteiger partial charge in [0.2, 0.25) is 0 Å². The van der Waals surface area contributed by atoms with Gasteiger partial charge in [0.1, 0.15) is 12.5 Å². The van der Waals surface area contributed by atoms with Gasteiger partial charge in [-0.25, -0.2) is 0 Å². The molecule has 0 aliphatic rings. The summed E-state index contributed by atoms with van der Waals surface area (Å²) in [5, 5.41) is 7.64. The zero-order valence-electron chi connectivity index (χ0n) is 7.23. The van der Waals surface area contributed by atoms with Crippen molar-refractivity contribution in [2.45, 2.75) is 13.3 Å². The smallest absolute Gasteiger partial charge is 0.124 e. The van der Waals surface area contributed by atoms with E-state index in [0.29, 0.717) is 0 Å². The third-order valence-electron chi connectivity index (χ3n) is 1.81. The Morgan fingerprint density at radius 2 is 2.00 bits per heavy atom. The van der Waals surface area contributed by atoms with Crippen molar-refractivity contribution in [3.63, 3.8) is 0 Å². The molecule has 0 spiro atoms. The van der Waals surface area contributed by atoms with Crippen molar-refractivity contribution in [2.75, 3.05) is 0 Å². The van der Waals surface area contributed by atoms with E-state index in [0.717, 1.165) is 23.7 Å². The van der Waals surface area contributed by atoms with Gasteiger partial charge in [-0.1, -0.05) is 17.2 Å². The van der Waals surface area contributed by atoms with Crippen molar-refractivity contribution < 1.29 is 9.05 Å². The summed E-state index contributed by atoms with van der Waals surface area (Å²) in [6.45, 7) is 1.99. The average molecular weight is 177 g/mol. The molecule has 2 rings (SSSR count). The second kappa shape index (κ2) is 3.43. The number of hydrogen-bond acceptors (Lipinski definition) is 4. The molecule has 0 unspecified atom stereocenters. The van der Waals surface area contributed by atoms with Crippen LogP contribution in [0.3, 0.4) is 0 Å². The monoisotopic (exact) mass is 177 g/mol. The summed E-state index contributed by atoms with van der Waals surface area (Å²) in [6.07, 6.45) is 3.86. The molecule has 0 saturated carbocycles. The Kier molecular flexibility index (Phi) is 2.12. The molecule has 2 heterocycles. The summed E-state index contributed by atoms with van der Waals surface area (Å²) >= 11 is 0. The SMILES string of the molecule is C[C](Cc1ccon1)c1ccon1. The van der Waals surface area contributed by atoms with Crippen LogP contribution in [0.5, 0.6) is 0 Å². The Hall–Kier alpha value is -1.58. The fraction of sp³-hybridized carbons (Fsp3) is 0.222. The summed E-state index contributed by atoms with van der Waals surface area (Å²) in [7, 11) is 0. The lowest BCUT2D eigenvalue weighted by Crippen LogP contribution is -1.99. The largest absolute Gasteiger partial charge is 0.365 e. The molecule has 0 fully saturated rings. The minimum atomic E-state index is 0.739. The molecule has 0 amide bonds. The van der Waals surface area contributed by atoms with Crippen molar-refractivity contribution in [1.29, 1.82) is 0 Å². The predicted octanol–water partition coefficient (Wildman–Crippen LogP) is 1.85. The summed E-state index contributed by atoms with van der Waals surface area (Å²) in [6, 6.07) is 3.67. The molecule has 13 heavy (non-hydrogen) atoms. The van der Waals surface area contributed by atoms with Crippen LogP contribution in [0, 0.1) is 5.92 Å². The standard InChI is InChI=1S/C9H9N2O2/c1-7(9-3-5-13-11-9)6-8-2-4-12-10-8/h2-5H,6H2,1H3. The molecule has 4 nitrogen and oxygen atoms in total. The van der Waals surface area contributed by atoms with Crippen LogP contribution in [0.1, 0.15) is 18.3 Å². The Balaban J connectivity index is 2.04. The molecule has 0 saturated heterocycles. The van der Waals surface area contributed by atoms with E-state index in [2.05, 4.69) is 10.3 Å². The van der Waals surface area contributed by atoms with Crippen LogP contribution in [-0.2, 0) is 6.42 Å². The van der Waals surface area contributed by atoms with Gasteiger partial charge in [0.25, 0.3) is 0 Å². The van der Waals surface area contributed by atoms with Crippen molar-refractivity contribution in [3.05, 3.63) is 42.0 Å². The maximum Gasteiger partial charge on any atom is 0.124 e. The molecule has 0 atom stereocenters. The highest BCUT2D eigenvalue weighted by molar-refractivity contribution is 5.22. The van der Waals surface area contributed by atoms with E-state index in [1.165, 1.54) is 0 Å². The molecular weight excluding hydrogens is 168 g/mol. The molecule has 0 aliphatic carbocycles. The van der Waals surface area contributed by atoms with Gasteiger partial charge in [-0.3, -0.25) is 0 Å². The number of aromatic nitrogens is 2. The van der Waals surface area contributed by atoms with Gasteiger partial charge in [0.15, 0.2) is 0 Å². The quantitative estimate of drug-likeness (QED) is 0.717. The summed E-state index contributed by atoms with van der Waals surface area (Å²) < 4.78 is 9.47. The van der Waals surface area contributed by atoms with E-state index in [-0.39, 0.29) is 0 Å². The topological polar surface area (TPSA) is 52.1 Å². The van der Waals surface area contributed by atoms with Crippen LogP contribution < -0.4 is 0 Å². The first-order chi connectivity index (χ1) is 6.36. The minimum absolute atomic E-state index is 0.739. The van der Waals surface area contributed by atoms with Gasteiger partial charge in [0.05, 0.1) is 11.4 Å². The zero-order valence-corrected chi connectivity index (χ0v) is 7.23. The highest BCUT2D eigenvalue weighted by Crippen LogP contribution is 2.16. The Morgan fingerprint density at radius 3 is 2.62 bits per heavy atom. The molecular formula is C9H9N2O2. The highest BCUT2D eigenvalue weighted by Gasteiger charge is 2.11. The van der Waals surface area contributed by atoms with Crippen LogP contribution in [0.4, 0.5) is 0 Å². The maximum absolute atomic E-state index is 4.74. The third-order valence-corrected chi connectivity index (χ3v) is 1.81. The lowest BCUT2D eigenvalue weighted by Gasteiger charge is -2.02. The van der Waals surface area contributed by atoms with E-state index < -0.39 is 0 Å². The van der Waals surface area contributed by atoms with E-state index >= 15 is 0 Å². The molecule has 0 aromatic carbocycles. The summed E-state index contributed by atoms with van der Waals surface area (Å²) in [5.41, 5.74) is 1.77.